The maximum absolute atomic E-state index is 13.3. The number of nitrogens with one attached hydrogen (secondary N) is 1. The Bertz CT molecular complexity index is 1160. The molecule has 0 bridgehead atoms. The summed E-state index contributed by atoms with van der Waals surface area (Å²) in [6.45, 7) is 4.70. The Balaban J connectivity index is 1.75. The summed E-state index contributed by atoms with van der Waals surface area (Å²) in [6, 6.07) is 26.0. The fourth-order valence-corrected chi connectivity index (χ4v) is 4.01. The van der Waals surface area contributed by atoms with Crippen LogP contribution in [0.3, 0.4) is 0 Å². The zero-order valence-electron chi connectivity index (χ0n) is 22.3. The molecule has 0 saturated heterocycles. The summed E-state index contributed by atoms with van der Waals surface area (Å²) in [6.07, 6.45) is 0.335. The quantitative estimate of drug-likeness (QED) is 0.333. The van der Waals surface area contributed by atoms with Crippen molar-refractivity contribution < 1.29 is 23.9 Å². The van der Waals surface area contributed by atoms with Crippen LogP contribution in [-0.2, 0) is 32.1 Å². The van der Waals surface area contributed by atoms with Gasteiger partial charge in [-0.25, -0.2) is 9.59 Å². The zero-order valence-corrected chi connectivity index (χ0v) is 22.3. The Morgan fingerprint density at radius 2 is 1.42 bits per heavy atom. The summed E-state index contributed by atoms with van der Waals surface area (Å²) in [5, 5.41) is 2.86. The molecule has 0 aliphatic rings. The molecule has 0 aliphatic heterocycles. The molecule has 7 heteroatoms. The number of benzene rings is 3. The Morgan fingerprint density at radius 3 is 2.03 bits per heavy atom. The van der Waals surface area contributed by atoms with Crippen LogP contribution in [0.1, 0.15) is 31.4 Å². The fourth-order valence-electron chi connectivity index (χ4n) is 4.01. The van der Waals surface area contributed by atoms with Crippen LogP contribution in [-0.4, -0.2) is 49.1 Å². The highest BCUT2D eigenvalue weighted by Gasteiger charge is 2.26. The molecule has 0 heterocycles. The molecule has 0 unspecified atom stereocenters. The second kappa shape index (κ2) is 14.6. The van der Waals surface area contributed by atoms with E-state index in [0.29, 0.717) is 6.54 Å². The molecule has 0 aliphatic carbocycles. The van der Waals surface area contributed by atoms with Gasteiger partial charge in [-0.05, 0) is 28.2 Å². The smallest absolute Gasteiger partial charge is 0.329 e. The number of ether oxygens (including phenoxy) is 2. The van der Waals surface area contributed by atoms with Crippen LogP contribution >= 0.6 is 0 Å². The number of amides is 2. The minimum absolute atomic E-state index is 0.0701. The van der Waals surface area contributed by atoms with Crippen LogP contribution in [0.15, 0.2) is 84.9 Å². The van der Waals surface area contributed by atoms with Crippen molar-refractivity contribution in [3.8, 4) is 11.1 Å². The fraction of sp³-hybridized carbons (Fsp3) is 0.323. The molecule has 3 aromatic carbocycles. The lowest BCUT2D eigenvalue weighted by atomic mass is 10.0. The van der Waals surface area contributed by atoms with Gasteiger partial charge in [-0.1, -0.05) is 98.8 Å². The summed E-state index contributed by atoms with van der Waals surface area (Å²) in [5.74, 6) is -0.747. The molecule has 0 fully saturated rings. The molecule has 1 N–H and O–H groups in total. The number of carbonyl (C=O) groups excluding carboxylic acids is 3. The van der Waals surface area contributed by atoms with E-state index in [-0.39, 0.29) is 31.9 Å². The van der Waals surface area contributed by atoms with Crippen LogP contribution in [0, 0.1) is 5.92 Å². The maximum atomic E-state index is 13.3. The largest absolute Gasteiger partial charge is 0.469 e. The second-order valence-electron chi connectivity index (χ2n) is 9.53. The van der Waals surface area contributed by atoms with Crippen LogP contribution in [0.2, 0.25) is 0 Å². The SMILES string of the molecule is COC(=O)CCN(CC(C)C)C(=O)N[C@@H](Cc1ccc(-c2ccccc2)cc1)C(=O)OCc1ccccc1. The first-order valence-electron chi connectivity index (χ1n) is 12.8. The third kappa shape index (κ3) is 9.07. The molecule has 7 nitrogen and oxygen atoms in total. The van der Waals surface area contributed by atoms with E-state index in [0.717, 1.165) is 22.3 Å². The number of rotatable bonds is 12. The molecule has 0 spiro atoms. The van der Waals surface area contributed by atoms with Gasteiger partial charge in [0.25, 0.3) is 0 Å². The van der Waals surface area contributed by atoms with E-state index in [2.05, 4.69) is 5.32 Å². The van der Waals surface area contributed by atoms with Gasteiger partial charge < -0.3 is 19.7 Å². The Morgan fingerprint density at radius 1 is 0.816 bits per heavy atom. The Kier molecular flexibility index (Phi) is 10.9. The highest BCUT2D eigenvalue weighted by molar-refractivity contribution is 5.84. The highest BCUT2D eigenvalue weighted by atomic mass is 16.5. The van der Waals surface area contributed by atoms with Gasteiger partial charge in [-0.2, -0.15) is 0 Å². The number of carbonyl (C=O) groups is 3. The molecule has 2 amide bonds. The summed E-state index contributed by atoms with van der Waals surface area (Å²) in [7, 11) is 1.32. The van der Waals surface area contributed by atoms with Gasteiger partial charge in [0.05, 0.1) is 13.5 Å². The molecule has 38 heavy (non-hydrogen) atoms. The minimum atomic E-state index is -0.901. The van der Waals surface area contributed by atoms with Gasteiger partial charge in [0.2, 0.25) is 0 Å². The number of hydrogen-bond acceptors (Lipinski definition) is 5. The van der Waals surface area contributed by atoms with Crippen molar-refractivity contribution in [1.29, 1.82) is 0 Å². The predicted octanol–water partition coefficient (Wildman–Crippen LogP) is 5.24. The summed E-state index contributed by atoms with van der Waals surface area (Å²) in [5.41, 5.74) is 3.91. The van der Waals surface area contributed by atoms with Gasteiger partial charge in [-0.3, -0.25) is 4.79 Å². The van der Waals surface area contributed by atoms with Gasteiger partial charge in [0.1, 0.15) is 12.6 Å². The van der Waals surface area contributed by atoms with E-state index in [1.54, 1.807) is 0 Å². The van der Waals surface area contributed by atoms with Crippen LogP contribution < -0.4 is 5.32 Å². The number of nitrogens with zero attached hydrogens (tertiary/aromatic N) is 1. The summed E-state index contributed by atoms with van der Waals surface area (Å²) < 4.78 is 10.3. The maximum Gasteiger partial charge on any atom is 0.329 e. The molecule has 0 radical (unpaired) electrons. The van der Waals surface area contributed by atoms with Gasteiger partial charge in [0.15, 0.2) is 0 Å². The van der Waals surface area contributed by atoms with Crippen LogP contribution in [0.25, 0.3) is 11.1 Å². The van der Waals surface area contributed by atoms with E-state index in [9.17, 15) is 14.4 Å². The number of hydrogen-bond donors (Lipinski definition) is 1. The third-order valence-electron chi connectivity index (χ3n) is 5.99. The van der Waals surface area contributed by atoms with E-state index >= 15 is 0 Å². The van der Waals surface area contributed by atoms with E-state index in [1.165, 1.54) is 12.0 Å². The topological polar surface area (TPSA) is 84.9 Å². The molecule has 0 saturated carbocycles. The van der Waals surface area contributed by atoms with E-state index < -0.39 is 24.0 Å². The first-order valence-corrected chi connectivity index (χ1v) is 12.8. The zero-order chi connectivity index (χ0) is 27.3. The van der Waals surface area contributed by atoms with E-state index in [1.807, 2.05) is 98.8 Å². The summed E-state index contributed by atoms with van der Waals surface area (Å²) >= 11 is 0. The second-order valence-corrected chi connectivity index (χ2v) is 9.53. The van der Waals surface area contributed by atoms with Gasteiger partial charge in [-0.15, -0.1) is 0 Å². The summed E-state index contributed by atoms with van der Waals surface area (Å²) in [4.78, 5) is 39.7. The average Bonchev–Trinajstić information content (AvgIpc) is 2.94. The van der Waals surface area contributed by atoms with Crippen LogP contribution in [0.4, 0.5) is 4.79 Å². The van der Waals surface area contributed by atoms with Crippen molar-refractivity contribution in [3.05, 3.63) is 96.1 Å². The third-order valence-corrected chi connectivity index (χ3v) is 5.99. The number of methoxy groups -OCH3 is 1. The van der Waals surface area contributed by atoms with Crippen molar-refractivity contribution >= 4 is 18.0 Å². The molecule has 200 valence electrons. The van der Waals surface area contributed by atoms with Gasteiger partial charge in [0, 0.05) is 19.5 Å². The van der Waals surface area contributed by atoms with Gasteiger partial charge >= 0.3 is 18.0 Å². The molecular formula is C31H36N2O5. The van der Waals surface area contributed by atoms with Crippen molar-refractivity contribution in [2.45, 2.75) is 39.3 Å². The molecule has 3 aromatic rings. The molecular weight excluding hydrogens is 480 g/mol. The monoisotopic (exact) mass is 516 g/mol. The van der Waals surface area contributed by atoms with Crippen molar-refractivity contribution in [3.63, 3.8) is 0 Å². The average molecular weight is 517 g/mol. The Labute approximate surface area is 224 Å². The normalized spacial score (nSPS) is 11.5. The standard InChI is InChI=1S/C31H36N2O5/c1-23(2)21-33(19-18-29(34)37-3)31(36)32-28(30(35)38-22-25-10-6-4-7-11-25)20-24-14-16-27(17-15-24)26-12-8-5-9-13-26/h4-17,23,28H,18-22H2,1-3H3,(H,32,36)/t28-/m0/s1. The minimum Gasteiger partial charge on any atom is -0.469 e. The number of urea groups is 1. The highest BCUT2D eigenvalue weighted by Crippen LogP contribution is 2.20. The van der Waals surface area contributed by atoms with Crippen LogP contribution in [0.5, 0.6) is 0 Å². The lowest BCUT2D eigenvalue weighted by Crippen LogP contribution is -2.50. The van der Waals surface area contributed by atoms with E-state index in [4.69, 9.17) is 9.47 Å². The first-order chi connectivity index (χ1) is 18.4. The lowest BCUT2D eigenvalue weighted by Gasteiger charge is -2.27. The number of esters is 2. The van der Waals surface area contributed by atoms with Crippen molar-refractivity contribution in [1.82, 2.24) is 10.2 Å². The molecule has 0 aromatic heterocycles. The lowest BCUT2D eigenvalue weighted by molar-refractivity contribution is -0.147. The van der Waals surface area contributed by atoms with Crippen molar-refractivity contribution in [2.24, 2.45) is 5.92 Å². The molecule has 3 rings (SSSR count). The predicted molar refractivity (Wildman–Crippen MR) is 147 cm³/mol. The first kappa shape index (κ1) is 28.4. The molecule has 1 atom stereocenters. The van der Waals surface area contributed by atoms with Crippen molar-refractivity contribution in [2.75, 3.05) is 20.2 Å². The Hall–Kier alpha value is -4.13.